The van der Waals surface area contributed by atoms with Crippen molar-refractivity contribution < 1.29 is 17.9 Å². The SMILES string of the molecule is CCNC(=NCC1CCCN1CC)NCCCOCC(F)(F)F.I. The number of hydrogen-bond donors (Lipinski definition) is 2. The van der Waals surface area contributed by atoms with Gasteiger partial charge < -0.3 is 15.4 Å². The maximum absolute atomic E-state index is 11.9. The summed E-state index contributed by atoms with van der Waals surface area (Å²) in [6.07, 6.45) is -1.36. The van der Waals surface area contributed by atoms with Gasteiger partial charge in [-0.1, -0.05) is 6.92 Å². The van der Waals surface area contributed by atoms with E-state index in [1.807, 2.05) is 6.92 Å². The summed E-state index contributed by atoms with van der Waals surface area (Å²) in [6, 6.07) is 0.491. The minimum Gasteiger partial charge on any atom is -0.372 e. The Morgan fingerprint density at radius 2 is 2.04 bits per heavy atom. The molecule has 0 radical (unpaired) electrons. The van der Waals surface area contributed by atoms with Crippen LogP contribution in [0.15, 0.2) is 4.99 Å². The summed E-state index contributed by atoms with van der Waals surface area (Å²) in [6.45, 7) is 7.24. The van der Waals surface area contributed by atoms with Crippen molar-refractivity contribution in [3.8, 4) is 0 Å². The first-order valence-corrected chi connectivity index (χ1v) is 8.37. The molecule has 1 aliphatic rings. The van der Waals surface area contributed by atoms with Crippen LogP contribution in [0.2, 0.25) is 0 Å². The lowest BCUT2D eigenvalue weighted by Gasteiger charge is -2.21. The van der Waals surface area contributed by atoms with Gasteiger partial charge in [0.05, 0.1) is 6.54 Å². The molecule has 1 atom stereocenters. The molecule has 0 aromatic carbocycles. The Labute approximate surface area is 159 Å². The van der Waals surface area contributed by atoms with Crippen LogP contribution in [0, 0.1) is 0 Å². The second-order valence-electron chi connectivity index (χ2n) is 5.59. The van der Waals surface area contributed by atoms with Crippen LogP contribution in [0.3, 0.4) is 0 Å². The number of aliphatic imine (C=N–C) groups is 1. The van der Waals surface area contributed by atoms with Crippen molar-refractivity contribution in [2.45, 2.75) is 45.3 Å². The summed E-state index contributed by atoms with van der Waals surface area (Å²) in [5.41, 5.74) is 0. The number of likely N-dealkylation sites (N-methyl/N-ethyl adjacent to an activating group) is 1. The fourth-order valence-electron chi connectivity index (χ4n) is 2.63. The van der Waals surface area contributed by atoms with Gasteiger partial charge >= 0.3 is 6.18 Å². The van der Waals surface area contributed by atoms with Crippen molar-refractivity contribution in [1.29, 1.82) is 0 Å². The van der Waals surface area contributed by atoms with Crippen molar-refractivity contribution in [3.63, 3.8) is 0 Å². The van der Waals surface area contributed by atoms with Gasteiger partial charge in [-0.15, -0.1) is 24.0 Å². The molecule has 0 saturated carbocycles. The van der Waals surface area contributed by atoms with E-state index in [1.54, 1.807) is 0 Å². The summed E-state index contributed by atoms with van der Waals surface area (Å²) in [5, 5.41) is 6.29. The number of ether oxygens (including phenoxy) is 1. The second-order valence-corrected chi connectivity index (χ2v) is 5.59. The number of alkyl halides is 3. The molecule has 1 saturated heterocycles. The normalized spacial score (nSPS) is 19.2. The molecule has 0 amide bonds. The number of nitrogens with zero attached hydrogens (tertiary/aromatic N) is 2. The Morgan fingerprint density at radius 1 is 1.29 bits per heavy atom. The predicted molar refractivity (Wildman–Crippen MR) is 101 cm³/mol. The average Bonchev–Trinajstić information content (AvgIpc) is 2.94. The topological polar surface area (TPSA) is 48.9 Å². The van der Waals surface area contributed by atoms with Crippen LogP contribution < -0.4 is 10.6 Å². The molecule has 1 rings (SSSR count). The molecule has 5 nitrogen and oxygen atoms in total. The Morgan fingerprint density at radius 3 is 2.67 bits per heavy atom. The van der Waals surface area contributed by atoms with Gasteiger partial charge in [0.2, 0.25) is 0 Å². The molecule has 0 aliphatic carbocycles. The third-order valence-electron chi connectivity index (χ3n) is 3.73. The first-order valence-electron chi connectivity index (χ1n) is 8.37. The number of likely N-dealkylation sites (tertiary alicyclic amines) is 1. The zero-order chi connectivity index (χ0) is 17.1. The molecule has 0 aromatic heterocycles. The first-order chi connectivity index (χ1) is 11.0. The minimum absolute atomic E-state index is 0. The van der Waals surface area contributed by atoms with Gasteiger partial charge in [-0.2, -0.15) is 13.2 Å². The lowest BCUT2D eigenvalue weighted by atomic mass is 10.2. The Bertz CT molecular complexity index is 356. The molecule has 0 spiro atoms. The summed E-state index contributed by atoms with van der Waals surface area (Å²) < 4.78 is 40.4. The second kappa shape index (κ2) is 13.0. The van der Waals surface area contributed by atoms with Crippen LogP contribution in [0.1, 0.15) is 33.1 Å². The highest BCUT2D eigenvalue weighted by atomic mass is 127. The van der Waals surface area contributed by atoms with Gasteiger partial charge in [-0.3, -0.25) is 9.89 Å². The molecule has 24 heavy (non-hydrogen) atoms. The molecule has 9 heteroatoms. The van der Waals surface area contributed by atoms with E-state index in [0.29, 0.717) is 25.0 Å². The molecular formula is C15H30F3IN4O. The highest BCUT2D eigenvalue weighted by Gasteiger charge is 2.27. The Balaban J connectivity index is 0.00000529. The van der Waals surface area contributed by atoms with Crippen LogP contribution in [0.25, 0.3) is 0 Å². The Hall–Kier alpha value is -0.290. The van der Waals surface area contributed by atoms with Crippen LogP contribution in [0.4, 0.5) is 13.2 Å². The van der Waals surface area contributed by atoms with Crippen molar-refractivity contribution in [2.24, 2.45) is 4.99 Å². The van der Waals surface area contributed by atoms with Crippen molar-refractivity contribution in [1.82, 2.24) is 15.5 Å². The quantitative estimate of drug-likeness (QED) is 0.238. The molecular weight excluding hydrogens is 436 g/mol. The maximum Gasteiger partial charge on any atom is 0.411 e. The van der Waals surface area contributed by atoms with Crippen LogP contribution >= 0.6 is 24.0 Å². The Kier molecular flexibility index (Phi) is 12.8. The van der Waals surface area contributed by atoms with Gasteiger partial charge in [0.25, 0.3) is 0 Å². The maximum atomic E-state index is 11.9. The van der Waals surface area contributed by atoms with Crippen molar-refractivity contribution in [2.75, 3.05) is 45.9 Å². The highest BCUT2D eigenvalue weighted by Crippen LogP contribution is 2.16. The zero-order valence-corrected chi connectivity index (χ0v) is 16.8. The van der Waals surface area contributed by atoms with Gasteiger partial charge in [-0.05, 0) is 39.3 Å². The van der Waals surface area contributed by atoms with Gasteiger partial charge in [0, 0.05) is 25.7 Å². The van der Waals surface area contributed by atoms with E-state index in [1.165, 1.54) is 12.8 Å². The van der Waals surface area contributed by atoms with Crippen LogP contribution in [-0.4, -0.2) is 69.0 Å². The number of guanidine groups is 1. The van der Waals surface area contributed by atoms with E-state index in [4.69, 9.17) is 0 Å². The van der Waals surface area contributed by atoms with E-state index < -0.39 is 12.8 Å². The first kappa shape index (κ1) is 23.7. The summed E-state index contributed by atoms with van der Waals surface area (Å²) >= 11 is 0. The van der Waals surface area contributed by atoms with E-state index in [-0.39, 0.29) is 30.6 Å². The van der Waals surface area contributed by atoms with E-state index >= 15 is 0 Å². The van der Waals surface area contributed by atoms with Crippen LogP contribution in [0.5, 0.6) is 0 Å². The summed E-state index contributed by atoms with van der Waals surface area (Å²) in [5.74, 6) is 0.714. The molecule has 1 heterocycles. The van der Waals surface area contributed by atoms with Crippen LogP contribution in [-0.2, 0) is 4.74 Å². The largest absolute Gasteiger partial charge is 0.411 e. The van der Waals surface area contributed by atoms with E-state index in [9.17, 15) is 13.2 Å². The van der Waals surface area contributed by atoms with Crippen molar-refractivity contribution in [3.05, 3.63) is 0 Å². The summed E-state index contributed by atoms with van der Waals surface area (Å²) in [4.78, 5) is 7.01. The minimum atomic E-state index is -4.25. The third kappa shape index (κ3) is 10.5. The average molecular weight is 466 g/mol. The van der Waals surface area contributed by atoms with Gasteiger partial charge in [-0.25, -0.2) is 0 Å². The molecule has 144 valence electrons. The summed E-state index contributed by atoms with van der Waals surface area (Å²) in [7, 11) is 0. The predicted octanol–water partition coefficient (Wildman–Crippen LogP) is 2.61. The monoisotopic (exact) mass is 466 g/mol. The fraction of sp³-hybridized carbons (Fsp3) is 0.933. The third-order valence-corrected chi connectivity index (χ3v) is 3.73. The number of rotatable bonds is 9. The number of hydrogen-bond acceptors (Lipinski definition) is 3. The molecule has 1 fully saturated rings. The molecule has 1 aliphatic heterocycles. The lowest BCUT2D eigenvalue weighted by Crippen LogP contribution is -2.39. The van der Waals surface area contributed by atoms with E-state index in [2.05, 4.69) is 32.2 Å². The smallest absolute Gasteiger partial charge is 0.372 e. The standard InChI is InChI=1S/C15H29F3N4O.HI/c1-3-19-14(20-8-6-10-23-12-15(16,17)18)21-11-13-7-5-9-22(13)4-2;/h13H,3-12H2,1-2H3,(H2,19,20,21);1H. The zero-order valence-electron chi connectivity index (χ0n) is 14.5. The molecule has 0 bridgehead atoms. The molecule has 1 unspecified atom stereocenters. The number of halogens is 4. The lowest BCUT2D eigenvalue weighted by molar-refractivity contribution is -0.173. The van der Waals surface area contributed by atoms with Crippen molar-refractivity contribution >= 4 is 29.9 Å². The molecule has 2 N–H and O–H groups in total. The number of nitrogens with one attached hydrogen (secondary N) is 2. The van der Waals surface area contributed by atoms with E-state index in [0.717, 1.165) is 26.2 Å². The van der Waals surface area contributed by atoms with Gasteiger partial charge in [0.15, 0.2) is 5.96 Å². The highest BCUT2D eigenvalue weighted by molar-refractivity contribution is 14.0. The molecule has 0 aromatic rings. The fourth-order valence-corrected chi connectivity index (χ4v) is 2.63. The van der Waals surface area contributed by atoms with Gasteiger partial charge in [0.1, 0.15) is 6.61 Å².